The minimum Gasteiger partial charge on any atom is -0.361 e. The molecular weight excluding hydrogens is 408 g/mol. The molecule has 0 bridgehead atoms. The molecule has 0 aliphatic carbocycles. The van der Waals surface area contributed by atoms with E-state index in [0.29, 0.717) is 39.4 Å². The van der Waals surface area contributed by atoms with Crippen LogP contribution in [-0.2, 0) is 5.54 Å². The van der Waals surface area contributed by atoms with E-state index in [0.717, 1.165) is 11.1 Å². The van der Waals surface area contributed by atoms with Gasteiger partial charge in [0.2, 0.25) is 5.54 Å². The molecule has 1 aromatic carbocycles. The maximum absolute atomic E-state index is 12.7. The Morgan fingerprint density at radius 2 is 1.66 bits per heavy atom. The summed E-state index contributed by atoms with van der Waals surface area (Å²) in [4.78, 5) is 39.5. The van der Waals surface area contributed by atoms with Gasteiger partial charge in [-0.2, -0.15) is 0 Å². The summed E-state index contributed by atoms with van der Waals surface area (Å²) in [5.41, 5.74) is 2.34. The number of aromatic nitrogens is 5. The molecule has 0 aliphatic rings. The molecule has 0 atom stereocenters. The average Bonchev–Trinajstić information content (AvgIpc) is 3.36. The molecule has 2 N–H and O–H groups in total. The molecule has 4 heterocycles. The predicted molar refractivity (Wildman–Crippen MR) is 118 cm³/mol. The number of hydrogen-bond acceptors (Lipinski definition) is 7. The second-order valence-corrected chi connectivity index (χ2v) is 7.46. The molecule has 5 aromatic rings. The van der Waals surface area contributed by atoms with Crippen LogP contribution in [-0.4, -0.2) is 25.1 Å². The smallest absolute Gasteiger partial charge is 0.323 e. The van der Waals surface area contributed by atoms with E-state index in [2.05, 4.69) is 30.3 Å². The number of aryl methyl sites for hydroxylation is 2. The van der Waals surface area contributed by atoms with E-state index in [1.54, 1.807) is 48.8 Å². The van der Waals surface area contributed by atoms with Gasteiger partial charge in [0.05, 0.1) is 28.1 Å². The molecule has 0 saturated heterocycles. The maximum atomic E-state index is 12.7. The first-order valence-corrected chi connectivity index (χ1v) is 9.92. The highest BCUT2D eigenvalue weighted by atomic mass is 16.5. The van der Waals surface area contributed by atoms with Crippen LogP contribution in [0.3, 0.4) is 0 Å². The molecule has 0 unspecified atom stereocenters. The van der Waals surface area contributed by atoms with Gasteiger partial charge >= 0.3 is 5.69 Å². The maximum Gasteiger partial charge on any atom is 0.323 e. The SMILES string of the molecule is Cc1noc(C)c1-c1cc(C(N=O)(c2ccccn2)c2ccccn2)c2[nH]c(=O)[nH]c2c1. The van der Waals surface area contributed by atoms with Crippen LogP contribution in [0.1, 0.15) is 28.4 Å². The molecular formula is C23H18N6O3. The van der Waals surface area contributed by atoms with Gasteiger partial charge in [0.1, 0.15) is 5.76 Å². The quantitative estimate of drug-likeness (QED) is 0.409. The van der Waals surface area contributed by atoms with Crippen molar-refractivity contribution in [3.05, 3.63) is 105 Å². The monoisotopic (exact) mass is 426 g/mol. The van der Waals surface area contributed by atoms with E-state index < -0.39 is 11.2 Å². The zero-order valence-electron chi connectivity index (χ0n) is 17.3. The largest absolute Gasteiger partial charge is 0.361 e. The van der Waals surface area contributed by atoms with Crippen LogP contribution >= 0.6 is 0 Å². The Morgan fingerprint density at radius 3 is 2.19 bits per heavy atom. The third-order valence-electron chi connectivity index (χ3n) is 5.55. The number of nitroso groups, excluding NO2 is 1. The highest BCUT2D eigenvalue weighted by Crippen LogP contribution is 2.43. The number of pyridine rings is 2. The predicted octanol–water partition coefficient (Wildman–Crippen LogP) is 3.98. The molecule has 0 spiro atoms. The van der Waals surface area contributed by atoms with Gasteiger partial charge in [-0.25, -0.2) is 4.79 Å². The van der Waals surface area contributed by atoms with Gasteiger partial charge in [-0.05, 0) is 61.0 Å². The lowest BCUT2D eigenvalue weighted by Crippen LogP contribution is -2.29. The highest BCUT2D eigenvalue weighted by molar-refractivity contribution is 5.87. The molecule has 5 rings (SSSR count). The Morgan fingerprint density at radius 1 is 0.969 bits per heavy atom. The van der Waals surface area contributed by atoms with Crippen LogP contribution in [0.25, 0.3) is 22.2 Å². The van der Waals surface area contributed by atoms with Crippen molar-refractivity contribution in [3.63, 3.8) is 0 Å². The molecule has 0 radical (unpaired) electrons. The van der Waals surface area contributed by atoms with Crippen molar-refractivity contribution in [1.82, 2.24) is 25.1 Å². The van der Waals surface area contributed by atoms with Crippen molar-refractivity contribution in [2.24, 2.45) is 5.18 Å². The average molecular weight is 426 g/mol. The third-order valence-corrected chi connectivity index (χ3v) is 5.55. The van der Waals surface area contributed by atoms with E-state index >= 15 is 0 Å². The van der Waals surface area contributed by atoms with Crippen molar-refractivity contribution in [3.8, 4) is 11.1 Å². The first-order valence-electron chi connectivity index (χ1n) is 9.92. The number of benzene rings is 1. The highest BCUT2D eigenvalue weighted by Gasteiger charge is 2.43. The first-order chi connectivity index (χ1) is 15.5. The molecule has 9 nitrogen and oxygen atoms in total. The Labute approximate surface area is 181 Å². The van der Waals surface area contributed by atoms with Crippen LogP contribution in [0, 0.1) is 18.8 Å². The number of H-pyrrole nitrogens is 2. The number of rotatable bonds is 5. The molecule has 0 amide bonds. The van der Waals surface area contributed by atoms with Crippen molar-refractivity contribution >= 4 is 11.0 Å². The van der Waals surface area contributed by atoms with E-state index in [-0.39, 0.29) is 0 Å². The summed E-state index contributed by atoms with van der Waals surface area (Å²) < 4.78 is 5.35. The van der Waals surface area contributed by atoms with Gasteiger partial charge < -0.3 is 14.5 Å². The van der Waals surface area contributed by atoms with E-state index in [4.69, 9.17) is 4.52 Å². The van der Waals surface area contributed by atoms with Crippen LogP contribution in [0.15, 0.2) is 75.4 Å². The zero-order chi connectivity index (χ0) is 22.3. The Hall–Kier alpha value is -4.40. The lowest BCUT2D eigenvalue weighted by Gasteiger charge is -2.27. The van der Waals surface area contributed by atoms with Crippen LogP contribution in [0.5, 0.6) is 0 Å². The standard InChI is InChI=1S/C23H18N6O3/c1-13-20(14(2)32-28-13)15-11-16(21-17(12-15)26-22(30)27-21)23(29-31,18-7-3-5-9-24-18)19-8-4-6-10-25-19/h3-12H,1-2H3,(H2,26,27,30). The van der Waals surface area contributed by atoms with Gasteiger partial charge in [0.25, 0.3) is 0 Å². The summed E-state index contributed by atoms with van der Waals surface area (Å²) in [5, 5.41) is 7.65. The zero-order valence-corrected chi connectivity index (χ0v) is 17.3. The summed E-state index contributed by atoms with van der Waals surface area (Å²) in [6.45, 7) is 3.64. The number of aromatic amines is 2. The van der Waals surface area contributed by atoms with E-state index in [1.807, 2.05) is 26.0 Å². The molecule has 0 aliphatic heterocycles. The van der Waals surface area contributed by atoms with Crippen molar-refractivity contribution in [1.29, 1.82) is 0 Å². The van der Waals surface area contributed by atoms with Crippen LogP contribution in [0.4, 0.5) is 0 Å². The summed E-state index contributed by atoms with van der Waals surface area (Å²) >= 11 is 0. The van der Waals surface area contributed by atoms with Crippen molar-refractivity contribution < 1.29 is 4.52 Å². The lowest BCUT2D eigenvalue weighted by molar-refractivity contribution is 0.393. The second kappa shape index (κ2) is 7.38. The first kappa shape index (κ1) is 19.6. The fourth-order valence-electron chi connectivity index (χ4n) is 4.17. The molecule has 0 fully saturated rings. The van der Waals surface area contributed by atoms with Gasteiger partial charge in [0, 0.05) is 23.5 Å². The summed E-state index contributed by atoms with van der Waals surface area (Å²) in [5.74, 6) is 0.617. The summed E-state index contributed by atoms with van der Waals surface area (Å²) in [6.07, 6.45) is 3.18. The van der Waals surface area contributed by atoms with Gasteiger partial charge in [0.15, 0.2) is 0 Å². The van der Waals surface area contributed by atoms with Gasteiger partial charge in [-0.1, -0.05) is 17.3 Å². The van der Waals surface area contributed by atoms with Crippen LogP contribution in [0.2, 0.25) is 0 Å². The Bertz CT molecular complexity index is 1430. The molecule has 4 aromatic heterocycles. The third kappa shape index (κ3) is 2.86. The summed E-state index contributed by atoms with van der Waals surface area (Å²) in [7, 11) is 0. The number of nitrogens with zero attached hydrogens (tertiary/aromatic N) is 4. The number of nitrogens with one attached hydrogen (secondary N) is 2. The molecule has 0 saturated carbocycles. The molecule has 158 valence electrons. The fraction of sp³-hybridized carbons (Fsp3) is 0.130. The van der Waals surface area contributed by atoms with E-state index in [9.17, 15) is 9.70 Å². The fourth-order valence-corrected chi connectivity index (χ4v) is 4.17. The second-order valence-electron chi connectivity index (χ2n) is 7.46. The summed E-state index contributed by atoms with van der Waals surface area (Å²) in [6, 6.07) is 14.1. The number of hydrogen-bond donors (Lipinski definition) is 2. The molecule has 32 heavy (non-hydrogen) atoms. The van der Waals surface area contributed by atoms with Gasteiger partial charge in [-0.15, -0.1) is 4.91 Å². The van der Waals surface area contributed by atoms with Crippen molar-refractivity contribution in [2.45, 2.75) is 19.4 Å². The number of fused-ring (bicyclic) bond motifs is 1. The van der Waals surface area contributed by atoms with Crippen molar-refractivity contribution in [2.75, 3.05) is 0 Å². The topological polar surface area (TPSA) is 130 Å². The normalized spacial score (nSPS) is 11.7. The number of imidazole rings is 1. The van der Waals surface area contributed by atoms with Gasteiger partial charge in [-0.3, -0.25) is 9.97 Å². The van der Waals surface area contributed by atoms with Crippen LogP contribution < -0.4 is 5.69 Å². The molecule has 9 heteroatoms. The minimum absolute atomic E-state index is 0.382. The lowest BCUT2D eigenvalue weighted by atomic mass is 9.81. The minimum atomic E-state index is -1.61. The Kier molecular flexibility index (Phi) is 4.51. The van der Waals surface area contributed by atoms with E-state index in [1.165, 1.54) is 0 Å². The Balaban J connectivity index is 1.94.